The van der Waals surface area contributed by atoms with E-state index in [1.165, 1.54) is 0 Å². The molecule has 7 heteroatoms. The first kappa shape index (κ1) is 22.8. The number of carbonyl (C=O) groups is 2. The van der Waals surface area contributed by atoms with E-state index in [0.717, 1.165) is 28.9 Å². The number of aliphatic hydroxyl groups excluding tert-OH is 1. The Morgan fingerprint density at radius 3 is 2.61 bits per heavy atom. The lowest BCUT2D eigenvalue weighted by atomic mass is 9.83. The molecular formula is C29H28N2O5. The van der Waals surface area contributed by atoms with E-state index in [1.807, 2.05) is 72.8 Å². The molecule has 3 atom stereocenters. The highest BCUT2D eigenvalue weighted by atomic mass is 16.5. The number of rotatable bonds is 5. The number of carbonyl (C=O) groups excluding carboxylic acids is 2. The molecule has 1 fully saturated rings. The molecular weight excluding hydrogens is 456 g/mol. The second-order valence-electron chi connectivity index (χ2n) is 9.69. The average Bonchev–Trinajstić information content (AvgIpc) is 3.34. The number of nitrogens with zero attached hydrogens (tertiary/aromatic N) is 2. The molecule has 0 radical (unpaired) electrons. The van der Waals surface area contributed by atoms with Gasteiger partial charge in [-0.05, 0) is 48.7 Å². The van der Waals surface area contributed by atoms with Gasteiger partial charge in [0.25, 0.3) is 11.8 Å². The van der Waals surface area contributed by atoms with Crippen LogP contribution in [-0.2, 0) is 26.5 Å². The van der Waals surface area contributed by atoms with Crippen LogP contribution in [0.2, 0.25) is 0 Å². The molecule has 6 rings (SSSR count). The van der Waals surface area contributed by atoms with Crippen molar-refractivity contribution < 1.29 is 24.2 Å². The van der Waals surface area contributed by atoms with E-state index in [9.17, 15) is 14.7 Å². The Hall–Kier alpha value is -3.68. The van der Waals surface area contributed by atoms with E-state index in [-0.39, 0.29) is 37.0 Å². The normalized spacial score (nSPS) is 24.7. The summed E-state index contributed by atoms with van der Waals surface area (Å²) in [4.78, 5) is 30.3. The van der Waals surface area contributed by atoms with E-state index >= 15 is 0 Å². The van der Waals surface area contributed by atoms with Gasteiger partial charge in [0.2, 0.25) is 0 Å². The van der Waals surface area contributed by atoms with Crippen molar-refractivity contribution in [2.45, 2.75) is 38.0 Å². The van der Waals surface area contributed by atoms with E-state index < -0.39 is 5.60 Å². The first-order valence-corrected chi connectivity index (χ1v) is 12.4. The molecule has 3 heterocycles. The molecule has 2 amide bonds. The van der Waals surface area contributed by atoms with Crippen molar-refractivity contribution in [3.63, 3.8) is 0 Å². The maximum atomic E-state index is 14.0. The number of hydrogen-bond acceptors (Lipinski definition) is 5. The zero-order chi connectivity index (χ0) is 24.9. The molecule has 0 saturated carbocycles. The van der Waals surface area contributed by atoms with Crippen molar-refractivity contribution in [2.24, 2.45) is 5.92 Å². The Morgan fingerprint density at radius 1 is 1.00 bits per heavy atom. The van der Waals surface area contributed by atoms with E-state index in [2.05, 4.69) is 6.92 Å². The predicted molar refractivity (Wildman–Crippen MR) is 135 cm³/mol. The number of para-hydroxylation sites is 3. The number of benzene rings is 3. The third-order valence-corrected chi connectivity index (χ3v) is 7.49. The van der Waals surface area contributed by atoms with Crippen LogP contribution in [0.25, 0.3) is 0 Å². The summed E-state index contributed by atoms with van der Waals surface area (Å²) in [5.41, 5.74) is 3.04. The lowest BCUT2D eigenvalue weighted by Gasteiger charge is -2.30. The molecule has 3 aliphatic rings. The van der Waals surface area contributed by atoms with Crippen LogP contribution in [0.4, 0.5) is 17.1 Å². The SMILES string of the molecule is C[C@H]1C[C@@H](CCO)O[C@]12C(=O)N(Cc1cccc(N3C(=O)COc4ccccc43)c1)c1ccccc12. The van der Waals surface area contributed by atoms with E-state index in [0.29, 0.717) is 24.4 Å². The second-order valence-corrected chi connectivity index (χ2v) is 9.69. The van der Waals surface area contributed by atoms with Crippen LogP contribution >= 0.6 is 0 Å². The first-order chi connectivity index (χ1) is 17.5. The molecule has 7 nitrogen and oxygen atoms in total. The Balaban J connectivity index is 1.34. The van der Waals surface area contributed by atoms with Crippen molar-refractivity contribution in [1.29, 1.82) is 0 Å². The van der Waals surface area contributed by atoms with Gasteiger partial charge < -0.3 is 19.5 Å². The van der Waals surface area contributed by atoms with Gasteiger partial charge in [-0.15, -0.1) is 0 Å². The van der Waals surface area contributed by atoms with Crippen molar-refractivity contribution in [3.8, 4) is 5.75 Å². The molecule has 1 N–H and O–H groups in total. The lowest BCUT2D eigenvalue weighted by molar-refractivity contribution is -0.146. The van der Waals surface area contributed by atoms with Gasteiger partial charge >= 0.3 is 0 Å². The predicted octanol–water partition coefficient (Wildman–Crippen LogP) is 4.29. The summed E-state index contributed by atoms with van der Waals surface area (Å²) in [5.74, 6) is 0.435. The highest BCUT2D eigenvalue weighted by Crippen LogP contribution is 2.53. The summed E-state index contributed by atoms with van der Waals surface area (Å²) < 4.78 is 12.0. The van der Waals surface area contributed by atoms with E-state index in [1.54, 1.807) is 9.80 Å². The van der Waals surface area contributed by atoms with Gasteiger partial charge in [-0.1, -0.05) is 49.4 Å². The standard InChI is InChI=1S/C29H28N2O5/c1-19-15-22(13-14-32)36-29(19)23-9-2-3-10-24(23)30(28(29)34)17-20-7-6-8-21(16-20)31-25-11-4-5-12-26(25)35-18-27(31)33/h2-12,16,19,22,32H,13-15,17-18H2,1H3/t19-,22+,29+/m0/s1. The highest BCUT2D eigenvalue weighted by molar-refractivity contribution is 6.07. The Bertz CT molecular complexity index is 1340. The van der Waals surface area contributed by atoms with Gasteiger partial charge in [-0.25, -0.2) is 0 Å². The molecule has 0 aromatic heterocycles. The summed E-state index contributed by atoms with van der Waals surface area (Å²) >= 11 is 0. The molecule has 3 aliphatic heterocycles. The number of fused-ring (bicyclic) bond motifs is 3. The summed E-state index contributed by atoms with van der Waals surface area (Å²) in [5, 5.41) is 9.45. The maximum Gasteiger partial charge on any atom is 0.269 e. The number of hydrogen-bond donors (Lipinski definition) is 1. The lowest BCUT2D eigenvalue weighted by Crippen LogP contribution is -2.43. The van der Waals surface area contributed by atoms with Gasteiger partial charge in [0.1, 0.15) is 5.75 Å². The van der Waals surface area contributed by atoms with Gasteiger partial charge in [0.15, 0.2) is 12.2 Å². The molecule has 184 valence electrons. The maximum absolute atomic E-state index is 14.0. The number of aliphatic hydroxyl groups is 1. The summed E-state index contributed by atoms with van der Waals surface area (Å²) in [6.07, 6.45) is 1.08. The molecule has 1 spiro atoms. The van der Waals surface area contributed by atoms with Crippen LogP contribution in [0.15, 0.2) is 72.8 Å². The van der Waals surface area contributed by atoms with Gasteiger partial charge in [-0.3, -0.25) is 14.5 Å². The molecule has 36 heavy (non-hydrogen) atoms. The Morgan fingerprint density at radius 2 is 1.78 bits per heavy atom. The smallest absolute Gasteiger partial charge is 0.269 e. The van der Waals surface area contributed by atoms with E-state index in [4.69, 9.17) is 9.47 Å². The molecule has 3 aromatic carbocycles. The minimum absolute atomic E-state index is 0.0125. The third kappa shape index (κ3) is 3.42. The quantitative estimate of drug-likeness (QED) is 0.585. The van der Waals surface area contributed by atoms with Gasteiger partial charge in [-0.2, -0.15) is 0 Å². The van der Waals surface area contributed by atoms with Crippen LogP contribution in [-0.4, -0.2) is 36.2 Å². The van der Waals surface area contributed by atoms with Crippen LogP contribution in [0.5, 0.6) is 5.75 Å². The molecule has 1 saturated heterocycles. The van der Waals surface area contributed by atoms with Crippen LogP contribution in [0.3, 0.4) is 0 Å². The summed E-state index contributed by atoms with van der Waals surface area (Å²) in [6, 6.07) is 23.0. The number of anilines is 3. The fraction of sp³-hybridized carbons (Fsp3) is 0.310. The molecule has 0 aliphatic carbocycles. The zero-order valence-corrected chi connectivity index (χ0v) is 20.1. The number of ether oxygens (including phenoxy) is 2. The minimum Gasteiger partial charge on any atom is -0.482 e. The second kappa shape index (κ2) is 8.76. The number of amides is 2. The monoisotopic (exact) mass is 484 g/mol. The highest BCUT2D eigenvalue weighted by Gasteiger charge is 2.59. The minimum atomic E-state index is -1.03. The topological polar surface area (TPSA) is 79.3 Å². The zero-order valence-electron chi connectivity index (χ0n) is 20.1. The molecule has 0 unspecified atom stereocenters. The van der Waals surface area contributed by atoms with Crippen molar-refractivity contribution in [2.75, 3.05) is 23.0 Å². The first-order valence-electron chi connectivity index (χ1n) is 12.4. The Labute approximate surface area is 209 Å². The van der Waals surface area contributed by atoms with Gasteiger partial charge in [0, 0.05) is 23.8 Å². The fourth-order valence-corrected chi connectivity index (χ4v) is 5.87. The van der Waals surface area contributed by atoms with Crippen molar-refractivity contribution in [1.82, 2.24) is 0 Å². The Kier molecular flexibility index (Phi) is 5.54. The van der Waals surface area contributed by atoms with Crippen molar-refractivity contribution in [3.05, 3.63) is 83.9 Å². The van der Waals surface area contributed by atoms with Crippen LogP contribution in [0.1, 0.15) is 30.9 Å². The average molecular weight is 485 g/mol. The summed E-state index contributed by atoms with van der Waals surface area (Å²) in [7, 11) is 0. The van der Waals surface area contributed by atoms with Crippen molar-refractivity contribution >= 4 is 28.9 Å². The van der Waals surface area contributed by atoms with Crippen LogP contribution in [0, 0.1) is 5.92 Å². The largest absolute Gasteiger partial charge is 0.482 e. The third-order valence-electron chi connectivity index (χ3n) is 7.49. The molecule has 3 aromatic rings. The van der Waals surface area contributed by atoms with Gasteiger partial charge in [0.05, 0.1) is 24.0 Å². The summed E-state index contributed by atoms with van der Waals surface area (Å²) in [6.45, 7) is 2.42. The van der Waals surface area contributed by atoms with Crippen LogP contribution < -0.4 is 14.5 Å². The molecule has 0 bridgehead atoms. The fourth-order valence-electron chi connectivity index (χ4n) is 5.87.